The van der Waals surface area contributed by atoms with Crippen LogP contribution in [0.25, 0.3) is 0 Å². The van der Waals surface area contributed by atoms with Crippen LogP contribution >= 0.6 is 0 Å². The molecule has 0 saturated carbocycles. The van der Waals surface area contributed by atoms with E-state index < -0.39 is 0 Å². The Labute approximate surface area is 178 Å². The zero-order valence-corrected chi connectivity index (χ0v) is 17.8. The molecule has 3 saturated heterocycles. The number of hydrogen-bond donors (Lipinski definition) is 1. The lowest BCUT2D eigenvalue weighted by Crippen LogP contribution is -2.60. The van der Waals surface area contributed by atoms with Crippen molar-refractivity contribution in [2.24, 2.45) is 11.8 Å². The Bertz CT molecular complexity index is 851. The number of amides is 1. The fourth-order valence-corrected chi connectivity index (χ4v) is 6.02. The predicted molar refractivity (Wildman–Crippen MR) is 115 cm³/mol. The molecule has 1 aromatic heterocycles. The first-order chi connectivity index (χ1) is 14.7. The monoisotopic (exact) mass is 408 g/mol. The number of piperidine rings is 3. The van der Waals surface area contributed by atoms with Crippen LogP contribution in [0.2, 0.25) is 0 Å². The summed E-state index contributed by atoms with van der Waals surface area (Å²) in [7, 11) is 1.72. The van der Waals surface area contributed by atoms with Gasteiger partial charge in [-0.3, -0.25) is 14.8 Å². The zero-order chi connectivity index (χ0) is 20.5. The largest absolute Gasteiger partial charge is 0.497 e. The molecule has 0 spiro atoms. The molecule has 3 fully saturated rings. The number of benzene rings is 1. The second-order valence-corrected chi connectivity index (χ2v) is 9.25. The summed E-state index contributed by atoms with van der Waals surface area (Å²) >= 11 is 0. The first-order valence-electron chi connectivity index (χ1n) is 11.4. The summed E-state index contributed by atoms with van der Waals surface area (Å²) in [5, 5.41) is 6.82. The van der Waals surface area contributed by atoms with Gasteiger partial charge >= 0.3 is 0 Å². The van der Waals surface area contributed by atoms with Gasteiger partial charge in [-0.1, -0.05) is 12.1 Å². The average Bonchev–Trinajstić information content (AvgIpc) is 3.31. The molecule has 4 atom stereocenters. The highest BCUT2D eigenvalue weighted by Gasteiger charge is 2.45. The summed E-state index contributed by atoms with van der Waals surface area (Å²) in [4.78, 5) is 17.8. The molecule has 0 aliphatic carbocycles. The minimum Gasteiger partial charge on any atom is -0.497 e. The number of likely N-dealkylation sites (tertiary alicyclic amines) is 1. The Balaban J connectivity index is 1.26. The first-order valence-corrected chi connectivity index (χ1v) is 11.4. The highest BCUT2D eigenvalue weighted by Crippen LogP contribution is 2.44. The molecule has 1 N–H and O–H groups in total. The molecule has 1 amide bonds. The standard InChI is InChI=1S/C24H32N4O2/c1-30-21-8-6-19(7-9-21)22-3-2-4-23-20-11-18(15-28(22)23)14-27(16-20)24(29)10-5-17-12-25-26-13-17/h6-9,12-13,18,20,22-23H,2-5,10-11,14-16H2,1H3,(H,25,26)/t18-,20+,22+,23-/m0/s1. The first kappa shape index (κ1) is 19.6. The zero-order valence-electron chi connectivity index (χ0n) is 17.8. The van der Waals surface area contributed by atoms with Gasteiger partial charge in [0, 0.05) is 44.3 Å². The van der Waals surface area contributed by atoms with E-state index in [0.29, 0.717) is 36.2 Å². The number of rotatable bonds is 5. The molecule has 4 heterocycles. The quantitative estimate of drug-likeness (QED) is 0.823. The lowest BCUT2D eigenvalue weighted by atomic mass is 9.74. The molecule has 160 valence electrons. The number of nitrogens with one attached hydrogen (secondary N) is 1. The lowest BCUT2D eigenvalue weighted by molar-refractivity contribution is -0.139. The second-order valence-electron chi connectivity index (χ2n) is 9.25. The summed E-state index contributed by atoms with van der Waals surface area (Å²) in [6.45, 7) is 2.96. The van der Waals surface area contributed by atoms with E-state index in [1.54, 1.807) is 7.11 Å². The van der Waals surface area contributed by atoms with E-state index in [1.165, 1.54) is 31.2 Å². The number of ether oxygens (including phenoxy) is 1. The van der Waals surface area contributed by atoms with Gasteiger partial charge in [0.2, 0.25) is 5.91 Å². The van der Waals surface area contributed by atoms with E-state index in [9.17, 15) is 4.79 Å². The molecular formula is C24H32N4O2. The number of H-pyrrole nitrogens is 1. The van der Waals surface area contributed by atoms with Crippen molar-refractivity contribution in [1.29, 1.82) is 0 Å². The van der Waals surface area contributed by atoms with Crippen molar-refractivity contribution in [1.82, 2.24) is 20.0 Å². The van der Waals surface area contributed by atoms with Gasteiger partial charge in [-0.05, 0) is 67.2 Å². The van der Waals surface area contributed by atoms with E-state index in [4.69, 9.17) is 4.74 Å². The summed E-state index contributed by atoms with van der Waals surface area (Å²) in [6, 6.07) is 9.76. The maximum atomic E-state index is 12.9. The van der Waals surface area contributed by atoms with Crippen LogP contribution in [0, 0.1) is 11.8 Å². The van der Waals surface area contributed by atoms with Crippen molar-refractivity contribution >= 4 is 5.91 Å². The van der Waals surface area contributed by atoms with Crippen LogP contribution < -0.4 is 4.74 Å². The molecule has 0 unspecified atom stereocenters. The maximum absolute atomic E-state index is 12.9. The summed E-state index contributed by atoms with van der Waals surface area (Å²) < 4.78 is 5.35. The molecule has 30 heavy (non-hydrogen) atoms. The third-order valence-electron chi connectivity index (χ3n) is 7.42. The number of aromatic nitrogens is 2. The van der Waals surface area contributed by atoms with Gasteiger partial charge in [0.25, 0.3) is 0 Å². The summed E-state index contributed by atoms with van der Waals surface area (Å²) in [6.07, 6.45) is 10.1. The van der Waals surface area contributed by atoms with Crippen molar-refractivity contribution in [2.45, 2.75) is 50.6 Å². The van der Waals surface area contributed by atoms with Crippen molar-refractivity contribution in [3.63, 3.8) is 0 Å². The number of carbonyl (C=O) groups excluding carboxylic acids is 1. The molecule has 1 aromatic carbocycles. The SMILES string of the molecule is COc1ccc([C@H]2CCC[C@H]3[C@@H]4C[C@@H](CN(C(=O)CCc5cn[nH]c5)C4)CN23)cc1. The normalized spacial score (nSPS) is 28.8. The van der Waals surface area contributed by atoms with Gasteiger partial charge < -0.3 is 9.64 Å². The van der Waals surface area contributed by atoms with Crippen molar-refractivity contribution in [3.8, 4) is 5.75 Å². The van der Waals surface area contributed by atoms with Crippen LogP contribution in [0.5, 0.6) is 5.75 Å². The highest BCUT2D eigenvalue weighted by atomic mass is 16.5. The molecule has 2 bridgehead atoms. The number of nitrogens with zero attached hydrogens (tertiary/aromatic N) is 3. The summed E-state index contributed by atoms with van der Waals surface area (Å²) in [5.74, 6) is 2.43. The smallest absolute Gasteiger partial charge is 0.222 e. The molecule has 3 aliphatic rings. The summed E-state index contributed by atoms with van der Waals surface area (Å²) in [5.41, 5.74) is 2.52. The Kier molecular flexibility index (Phi) is 5.50. The van der Waals surface area contributed by atoms with Crippen LogP contribution in [0.15, 0.2) is 36.7 Å². The topological polar surface area (TPSA) is 61.5 Å². The van der Waals surface area contributed by atoms with E-state index in [-0.39, 0.29) is 0 Å². The van der Waals surface area contributed by atoms with Gasteiger partial charge in [-0.2, -0.15) is 5.10 Å². The van der Waals surface area contributed by atoms with Crippen molar-refractivity contribution < 1.29 is 9.53 Å². The molecule has 5 rings (SSSR count). The number of carbonyl (C=O) groups is 1. The van der Waals surface area contributed by atoms with Gasteiger partial charge in [-0.25, -0.2) is 0 Å². The molecule has 3 aliphatic heterocycles. The Morgan fingerprint density at radius 2 is 2.07 bits per heavy atom. The molecule has 2 aromatic rings. The fraction of sp³-hybridized carbons (Fsp3) is 0.583. The Hall–Kier alpha value is -2.34. The second kappa shape index (κ2) is 8.42. The number of methoxy groups -OCH3 is 1. The van der Waals surface area contributed by atoms with Crippen LogP contribution in [0.4, 0.5) is 0 Å². The highest BCUT2D eigenvalue weighted by molar-refractivity contribution is 5.76. The van der Waals surface area contributed by atoms with Gasteiger partial charge in [0.05, 0.1) is 13.3 Å². The third-order valence-corrected chi connectivity index (χ3v) is 7.42. The molecule has 0 radical (unpaired) electrons. The van der Waals surface area contributed by atoms with Crippen molar-refractivity contribution in [2.75, 3.05) is 26.7 Å². The lowest BCUT2D eigenvalue weighted by Gasteiger charge is -2.55. The van der Waals surface area contributed by atoms with Crippen LogP contribution in [-0.4, -0.2) is 58.7 Å². The minimum atomic E-state index is 0.307. The number of aryl methyl sites for hydroxylation is 1. The van der Waals surface area contributed by atoms with Gasteiger partial charge in [0.15, 0.2) is 0 Å². The predicted octanol–water partition coefficient (Wildman–Crippen LogP) is 3.43. The molecule has 6 nitrogen and oxygen atoms in total. The van der Waals surface area contributed by atoms with E-state index >= 15 is 0 Å². The average molecular weight is 409 g/mol. The van der Waals surface area contributed by atoms with Crippen LogP contribution in [-0.2, 0) is 11.2 Å². The van der Waals surface area contributed by atoms with Gasteiger partial charge in [0.1, 0.15) is 5.75 Å². The van der Waals surface area contributed by atoms with E-state index in [2.05, 4.69) is 44.3 Å². The fourth-order valence-electron chi connectivity index (χ4n) is 6.02. The number of hydrogen-bond acceptors (Lipinski definition) is 4. The third kappa shape index (κ3) is 3.85. The number of fused-ring (bicyclic) bond motifs is 4. The van der Waals surface area contributed by atoms with Crippen LogP contribution in [0.1, 0.15) is 49.3 Å². The minimum absolute atomic E-state index is 0.307. The van der Waals surface area contributed by atoms with E-state index in [1.807, 2.05) is 12.4 Å². The Morgan fingerprint density at radius 1 is 1.20 bits per heavy atom. The Morgan fingerprint density at radius 3 is 2.83 bits per heavy atom. The molecule has 6 heteroatoms. The maximum Gasteiger partial charge on any atom is 0.222 e. The van der Waals surface area contributed by atoms with Crippen LogP contribution in [0.3, 0.4) is 0 Å². The van der Waals surface area contributed by atoms with Crippen molar-refractivity contribution in [3.05, 3.63) is 47.8 Å². The number of aromatic amines is 1. The van der Waals surface area contributed by atoms with E-state index in [0.717, 1.165) is 37.4 Å². The molecular weight excluding hydrogens is 376 g/mol. The van der Waals surface area contributed by atoms with Gasteiger partial charge in [-0.15, -0.1) is 0 Å².